The SMILES string of the molecule is COC(=O)C(NC(=O)C1=C/C=C/OCO\C(C)=C\1)C(C)C. The molecule has 0 aliphatic carbocycles. The van der Waals surface area contributed by atoms with Crippen molar-refractivity contribution in [2.24, 2.45) is 5.92 Å². The van der Waals surface area contributed by atoms with Crippen LogP contribution in [-0.4, -0.2) is 31.8 Å². The van der Waals surface area contributed by atoms with Crippen molar-refractivity contribution < 1.29 is 23.8 Å². The topological polar surface area (TPSA) is 73.9 Å². The Bertz CT molecular complexity index is 476. The van der Waals surface area contributed by atoms with Gasteiger partial charge in [0.1, 0.15) is 6.04 Å². The highest BCUT2D eigenvalue weighted by atomic mass is 16.7. The molecule has 6 heteroatoms. The number of nitrogens with one attached hydrogen (secondary N) is 1. The Hall–Kier alpha value is -2.24. The molecule has 1 unspecified atom stereocenters. The van der Waals surface area contributed by atoms with E-state index in [9.17, 15) is 9.59 Å². The number of hydrogen-bond donors (Lipinski definition) is 1. The molecule has 21 heavy (non-hydrogen) atoms. The van der Waals surface area contributed by atoms with E-state index in [0.29, 0.717) is 11.3 Å². The predicted octanol–water partition coefficient (Wildman–Crippen LogP) is 1.65. The van der Waals surface area contributed by atoms with E-state index in [1.807, 2.05) is 13.8 Å². The Morgan fingerprint density at radius 3 is 2.71 bits per heavy atom. The van der Waals surface area contributed by atoms with Crippen molar-refractivity contribution >= 4 is 11.9 Å². The minimum absolute atomic E-state index is 0.0817. The summed E-state index contributed by atoms with van der Waals surface area (Å²) in [6.45, 7) is 5.46. The Kier molecular flexibility index (Phi) is 6.52. The summed E-state index contributed by atoms with van der Waals surface area (Å²) in [5, 5.41) is 2.67. The second-order valence-electron chi connectivity index (χ2n) is 4.85. The van der Waals surface area contributed by atoms with Crippen molar-refractivity contribution in [2.45, 2.75) is 26.8 Å². The molecule has 0 fully saturated rings. The molecule has 1 atom stereocenters. The van der Waals surface area contributed by atoms with Gasteiger partial charge in [-0.05, 0) is 31.1 Å². The summed E-state index contributed by atoms with van der Waals surface area (Å²) < 4.78 is 15.0. The second kappa shape index (κ2) is 8.14. The van der Waals surface area contributed by atoms with E-state index in [0.717, 1.165) is 0 Å². The van der Waals surface area contributed by atoms with Gasteiger partial charge in [0.15, 0.2) is 0 Å². The molecule has 116 valence electrons. The Labute approximate surface area is 124 Å². The van der Waals surface area contributed by atoms with E-state index < -0.39 is 12.0 Å². The molecular weight excluding hydrogens is 274 g/mol. The molecule has 0 saturated carbocycles. The van der Waals surface area contributed by atoms with Gasteiger partial charge in [0.25, 0.3) is 5.91 Å². The fourth-order valence-corrected chi connectivity index (χ4v) is 1.66. The van der Waals surface area contributed by atoms with Crippen molar-refractivity contribution in [3.05, 3.63) is 35.8 Å². The minimum atomic E-state index is -0.703. The van der Waals surface area contributed by atoms with Gasteiger partial charge in [0, 0.05) is 5.57 Å². The zero-order valence-corrected chi connectivity index (χ0v) is 12.7. The Morgan fingerprint density at radius 2 is 2.10 bits per heavy atom. The molecule has 0 radical (unpaired) electrons. The third-order valence-corrected chi connectivity index (χ3v) is 2.83. The van der Waals surface area contributed by atoms with Gasteiger partial charge in [0.2, 0.25) is 6.79 Å². The van der Waals surface area contributed by atoms with Gasteiger partial charge in [-0.1, -0.05) is 13.8 Å². The maximum Gasteiger partial charge on any atom is 0.328 e. The van der Waals surface area contributed by atoms with Crippen LogP contribution in [0.3, 0.4) is 0 Å². The molecule has 1 amide bonds. The van der Waals surface area contributed by atoms with Crippen LogP contribution in [-0.2, 0) is 23.8 Å². The van der Waals surface area contributed by atoms with Crippen LogP contribution in [0.1, 0.15) is 20.8 Å². The molecule has 1 heterocycles. The monoisotopic (exact) mass is 295 g/mol. The third kappa shape index (κ3) is 5.33. The average molecular weight is 295 g/mol. The standard InChI is InChI=1S/C15H21NO5/c1-10(2)13(15(18)19-4)16-14(17)12-6-5-7-20-9-21-11(3)8-12/h5-8,10,13H,9H2,1-4H3,(H,16,17)/b7-5+,11-8+,12-6+. The lowest BCUT2D eigenvalue weighted by Crippen LogP contribution is -2.45. The summed E-state index contributed by atoms with van der Waals surface area (Å²) in [7, 11) is 1.29. The highest BCUT2D eigenvalue weighted by Crippen LogP contribution is 2.10. The van der Waals surface area contributed by atoms with Gasteiger partial charge < -0.3 is 19.5 Å². The number of carbonyl (C=O) groups excluding carboxylic acids is 2. The normalized spacial score (nSPS) is 22.7. The van der Waals surface area contributed by atoms with Crippen molar-refractivity contribution in [3.8, 4) is 0 Å². The van der Waals surface area contributed by atoms with Crippen molar-refractivity contribution in [1.82, 2.24) is 5.32 Å². The number of methoxy groups -OCH3 is 1. The fraction of sp³-hybridized carbons (Fsp3) is 0.467. The molecule has 1 aliphatic rings. The number of hydrogen-bond acceptors (Lipinski definition) is 5. The number of carbonyl (C=O) groups is 2. The number of amides is 1. The van der Waals surface area contributed by atoms with Crippen LogP contribution in [0.25, 0.3) is 0 Å². The van der Waals surface area contributed by atoms with Crippen LogP contribution in [0.2, 0.25) is 0 Å². The van der Waals surface area contributed by atoms with Crippen molar-refractivity contribution in [1.29, 1.82) is 0 Å². The zero-order valence-electron chi connectivity index (χ0n) is 12.7. The maximum absolute atomic E-state index is 12.3. The molecule has 0 aromatic rings. The average Bonchev–Trinajstić information content (AvgIpc) is 2.55. The van der Waals surface area contributed by atoms with Gasteiger partial charge in [0.05, 0.1) is 19.1 Å². The van der Waals surface area contributed by atoms with E-state index in [2.05, 4.69) is 5.32 Å². The van der Waals surface area contributed by atoms with Crippen LogP contribution < -0.4 is 5.32 Å². The molecule has 6 nitrogen and oxygen atoms in total. The highest BCUT2D eigenvalue weighted by molar-refractivity contribution is 5.98. The predicted molar refractivity (Wildman–Crippen MR) is 76.8 cm³/mol. The van der Waals surface area contributed by atoms with Gasteiger partial charge in [-0.2, -0.15) is 0 Å². The lowest BCUT2D eigenvalue weighted by molar-refractivity contribution is -0.145. The molecule has 0 aromatic heterocycles. The summed E-state index contributed by atoms with van der Waals surface area (Å²) in [4.78, 5) is 24.0. The summed E-state index contributed by atoms with van der Waals surface area (Å²) in [6, 6.07) is -0.703. The molecule has 1 N–H and O–H groups in total. The molecule has 0 aromatic carbocycles. The summed E-state index contributed by atoms with van der Waals surface area (Å²) >= 11 is 0. The molecular formula is C15H21NO5. The van der Waals surface area contributed by atoms with E-state index in [4.69, 9.17) is 14.2 Å². The minimum Gasteiger partial charge on any atom is -0.467 e. The van der Waals surface area contributed by atoms with Crippen LogP contribution in [0.4, 0.5) is 0 Å². The number of esters is 1. The molecule has 1 aliphatic heterocycles. The van der Waals surface area contributed by atoms with E-state index in [-0.39, 0.29) is 18.6 Å². The maximum atomic E-state index is 12.3. The smallest absolute Gasteiger partial charge is 0.328 e. The second-order valence-corrected chi connectivity index (χ2v) is 4.85. The zero-order chi connectivity index (χ0) is 15.8. The molecule has 0 saturated heterocycles. The Balaban J connectivity index is 2.91. The van der Waals surface area contributed by atoms with Crippen LogP contribution in [0.15, 0.2) is 35.8 Å². The van der Waals surface area contributed by atoms with Crippen molar-refractivity contribution in [3.63, 3.8) is 0 Å². The van der Waals surface area contributed by atoms with Gasteiger partial charge in [-0.25, -0.2) is 4.79 Å². The number of allylic oxidation sites excluding steroid dienone is 3. The number of ether oxygens (including phenoxy) is 3. The lowest BCUT2D eigenvalue weighted by atomic mass is 10.0. The first-order chi connectivity index (χ1) is 9.95. The van der Waals surface area contributed by atoms with Gasteiger partial charge in [-0.3, -0.25) is 4.79 Å². The molecule has 0 spiro atoms. The molecule has 1 rings (SSSR count). The van der Waals surface area contributed by atoms with E-state index in [1.165, 1.54) is 13.4 Å². The van der Waals surface area contributed by atoms with Crippen LogP contribution in [0.5, 0.6) is 0 Å². The Morgan fingerprint density at radius 1 is 1.38 bits per heavy atom. The summed E-state index contributed by atoms with van der Waals surface area (Å²) in [5.74, 6) is -0.399. The quantitative estimate of drug-likeness (QED) is 0.798. The van der Waals surface area contributed by atoms with Crippen LogP contribution in [0, 0.1) is 5.92 Å². The number of rotatable bonds is 4. The van der Waals surface area contributed by atoms with E-state index >= 15 is 0 Å². The largest absolute Gasteiger partial charge is 0.467 e. The highest BCUT2D eigenvalue weighted by Gasteiger charge is 2.25. The summed E-state index contributed by atoms with van der Waals surface area (Å²) in [5.41, 5.74) is 0.365. The fourth-order valence-electron chi connectivity index (χ4n) is 1.66. The third-order valence-electron chi connectivity index (χ3n) is 2.83. The van der Waals surface area contributed by atoms with Gasteiger partial charge in [-0.15, -0.1) is 0 Å². The van der Waals surface area contributed by atoms with Gasteiger partial charge >= 0.3 is 5.97 Å². The first-order valence-electron chi connectivity index (χ1n) is 6.64. The first-order valence-corrected chi connectivity index (χ1v) is 6.64. The van der Waals surface area contributed by atoms with E-state index in [1.54, 1.807) is 25.2 Å². The lowest BCUT2D eigenvalue weighted by Gasteiger charge is -2.20. The molecule has 0 bridgehead atoms. The van der Waals surface area contributed by atoms with Crippen molar-refractivity contribution in [2.75, 3.05) is 13.9 Å². The summed E-state index contributed by atoms with van der Waals surface area (Å²) in [6.07, 6.45) is 6.20. The van der Waals surface area contributed by atoms with Crippen LogP contribution >= 0.6 is 0 Å². The first kappa shape index (κ1) is 16.8.